The van der Waals surface area contributed by atoms with Crippen molar-refractivity contribution in [2.24, 2.45) is 0 Å². The maximum absolute atomic E-state index is 4.32. The van der Waals surface area contributed by atoms with Crippen LogP contribution in [0.25, 0.3) is 12.2 Å². The lowest BCUT2D eigenvalue weighted by atomic mass is 9.96. The molecular formula is C17H29N. The fourth-order valence-corrected chi connectivity index (χ4v) is 1.52. The first-order chi connectivity index (χ1) is 8.70. The molecule has 18 heavy (non-hydrogen) atoms. The minimum atomic E-state index is 0.509. The van der Waals surface area contributed by atoms with Gasteiger partial charge in [-0.05, 0) is 30.5 Å². The topological polar surface area (TPSA) is 12.9 Å². The monoisotopic (exact) mass is 247 g/mol. The highest BCUT2D eigenvalue weighted by Crippen LogP contribution is 2.22. The van der Waals surface area contributed by atoms with Gasteiger partial charge < -0.3 is 0 Å². The minimum absolute atomic E-state index is 0.509. The molecule has 0 atom stereocenters. The highest BCUT2D eigenvalue weighted by Gasteiger charge is 2.07. The predicted octanol–water partition coefficient (Wildman–Crippen LogP) is 5.93. The van der Waals surface area contributed by atoms with Crippen LogP contribution < -0.4 is 0 Å². The summed E-state index contributed by atoms with van der Waals surface area (Å²) in [6.45, 7) is 18.2. The normalized spacial score (nSPS) is 9.33. The molecule has 0 fully saturated rings. The van der Waals surface area contributed by atoms with Crippen LogP contribution in [-0.2, 0) is 0 Å². The van der Waals surface area contributed by atoms with E-state index < -0.39 is 0 Å². The van der Waals surface area contributed by atoms with Crippen LogP contribution in [0.3, 0.4) is 0 Å². The highest BCUT2D eigenvalue weighted by molar-refractivity contribution is 5.64. The molecule has 102 valence electrons. The zero-order valence-corrected chi connectivity index (χ0v) is 13.1. The number of pyridine rings is 1. The largest absolute Gasteiger partial charge is 0.256 e. The van der Waals surface area contributed by atoms with E-state index in [0.29, 0.717) is 5.92 Å². The number of aromatic nitrogens is 1. The molecule has 1 rings (SSSR count). The van der Waals surface area contributed by atoms with Crippen molar-refractivity contribution in [1.29, 1.82) is 0 Å². The summed E-state index contributed by atoms with van der Waals surface area (Å²) < 4.78 is 0. The fraction of sp³-hybridized carbons (Fsp3) is 0.471. The molecule has 1 aromatic rings. The van der Waals surface area contributed by atoms with Crippen LogP contribution in [0.15, 0.2) is 24.9 Å². The molecule has 0 bridgehead atoms. The van der Waals surface area contributed by atoms with Gasteiger partial charge in [0.05, 0.1) is 5.69 Å². The zero-order chi connectivity index (χ0) is 14.6. The summed E-state index contributed by atoms with van der Waals surface area (Å²) in [7, 11) is 0. The van der Waals surface area contributed by atoms with Gasteiger partial charge in [0.25, 0.3) is 0 Å². The SMILES string of the molecule is C=Cc1c(C(C)C)ccnc1/C=C\C.CC.CC. The lowest BCUT2D eigenvalue weighted by Gasteiger charge is -2.11. The number of allylic oxidation sites excluding steroid dienone is 1. The van der Waals surface area contributed by atoms with Crippen molar-refractivity contribution >= 4 is 12.2 Å². The average Bonchev–Trinajstić information content (AvgIpc) is 2.43. The van der Waals surface area contributed by atoms with Gasteiger partial charge >= 0.3 is 0 Å². The van der Waals surface area contributed by atoms with Crippen molar-refractivity contribution in [3.63, 3.8) is 0 Å². The van der Waals surface area contributed by atoms with E-state index in [2.05, 4.69) is 31.5 Å². The number of hydrogen-bond donors (Lipinski definition) is 0. The van der Waals surface area contributed by atoms with Crippen molar-refractivity contribution < 1.29 is 0 Å². The van der Waals surface area contributed by atoms with Crippen molar-refractivity contribution in [1.82, 2.24) is 4.98 Å². The van der Waals surface area contributed by atoms with Crippen molar-refractivity contribution in [2.75, 3.05) is 0 Å². The molecule has 0 saturated heterocycles. The van der Waals surface area contributed by atoms with E-state index in [1.54, 1.807) is 0 Å². The van der Waals surface area contributed by atoms with Crippen LogP contribution in [0, 0.1) is 0 Å². The van der Waals surface area contributed by atoms with E-state index >= 15 is 0 Å². The Labute approximate surface area is 114 Å². The molecular weight excluding hydrogens is 218 g/mol. The van der Waals surface area contributed by atoms with Gasteiger partial charge in [-0.15, -0.1) is 0 Å². The molecule has 0 amide bonds. The van der Waals surface area contributed by atoms with Gasteiger partial charge in [-0.1, -0.05) is 60.3 Å². The van der Waals surface area contributed by atoms with Crippen LogP contribution in [0.1, 0.15) is 71.2 Å². The van der Waals surface area contributed by atoms with E-state index in [-0.39, 0.29) is 0 Å². The summed E-state index contributed by atoms with van der Waals surface area (Å²) in [5, 5.41) is 0. The fourth-order valence-electron chi connectivity index (χ4n) is 1.52. The standard InChI is InChI=1S/C13H17N.2C2H6/c1-5-7-13-11(6-2)12(10(3)4)8-9-14-13;2*1-2/h5-10H,2H2,1,3-4H3;2*1-2H3/b7-5-;;. The van der Waals surface area contributed by atoms with E-state index in [9.17, 15) is 0 Å². The first-order valence-corrected chi connectivity index (χ1v) is 6.94. The third kappa shape index (κ3) is 5.81. The number of nitrogens with zero attached hydrogens (tertiary/aromatic N) is 1. The maximum atomic E-state index is 4.32. The van der Waals surface area contributed by atoms with Crippen molar-refractivity contribution in [3.05, 3.63) is 41.7 Å². The Morgan fingerprint density at radius 3 is 2.11 bits per heavy atom. The Morgan fingerprint density at radius 2 is 1.72 bits per heavy atom. The molecule has 0 aliphatic carbocycles. The molecule has 1 aromatic heterocycles. The summed E-state index contributed by atoms with van der Waals surface area (Å²) in [4.78, 5) is 4.32. The van der Waals surface area contributed by atoms with Crippen LogP contribution in [-0.4, -0.2) is 4.98 Å². The highest BCUT2D eigenvalue weighted by atomic mass is 14.7. The molecule has 0 spiro atoms. The van der Waals surface area contributed by atoms with E-state index in [1.165, 1.54) is 5.56 Å². The second kappa shape index (κ2) is 12.1. The Balaban J connectivity index is 0. The van der Waals surface area contributed by atoms with E-state index in [1.807, 2.05) is 59.0 Å². The van der Waals surface area contributed by atoms with Crippen LogP contribution in [0.4, 0.5) is 0 Å². The van der Waals surface area contributed by atoms with Crippen LogP contribution in [0.2, 0.25) is 0 Å². The van der Waals surface area contributed by atoms with Crippen LogP contribution in [0.5, 0.6) is 0 Å². The Bertz CT molecular complexity index is 349. The Morgan fingerprint density at radius 1 is 1.17 bits per heavy atom. The zero-order valence-electron chi connectivity index (χ0n) is 13.1. The quantitative estimate of drug-likeness (QED) is 0.644. The van der Waals surface area contributed by atoms with Gasteiger partial charge in [0.1, 0.15) is 0 Å². The minimum Gasteiger partial charge on any atom is -0.256 e. The summed E-state index contributed by atoms with van der Waals surface area (Å²) in [5.41, 5.74) is 3.47. The second-order valence-corrected chi connectivity index (χ2v) is 3.56. The lowest BCUT2D eigenvalue weighted by molar-refractivity contribution is 0.859. The molecule has 0 radical (unpaired) electrons. The van der Waals surface area contributed by atoms with Gasteiger partial charge in [0.2, 0.25) is 0 Å². The van der Waals surface area contributed by atoms with Gasteiger partial charge in [0, 0.05) is 11.8 Å². The molecule has 0 N–H and O–H groups in total. The van der Waals surface area contributed by atoms with Gasteiger partial charge in [-0.3, -0.25) is 4.98 Å². The third-order valence-corrected chi connectivity index (χ3v) is 2.21. The average molecular weight is 247 g/mol. The van der Waals surface area contributed by atoms with Crippen LogP contribution >= 0.6 is 0 Å². The van der Waals surface area contributed by atoms with Gasteiger partial charge in [0.15, 0.2) is 0 Å². The van der Waals surface area contributed by atoms with E-state index in [0.717, 1.165) is 11.3 Å². The Hall–Kier alpha value is -1.37. The summed E-state index contributed by atoms with van der Waals surface area (Å²) in [5.74, 6) is 0.509. The van der Waals surface area contributed by atoms with E-state index in [4.69, 9.17) is 0 Å². The molecule has 0 aliphatic heterocycles. The second-order valence-electron chi connectivity index (χ2n) is 3.56. The predicted molar refractivity (Wildman–Crippen MR) is 85.8 cm³/mol. The third-order valence-electron chi connectivity index (χ3n) is 2.21. The molecule has 1 heteroatoms. The number of hydrogen-bond acceptors (Lipinski definition) is 1. The lowest BCUT2D eigenvalue weighted by Crippen LogP contribution is -1.96. The first-order valence-electron chi connectivity index (χ1n) is 6.94. The first kappa shape index (κ1) is 19.0. The number of rotatable bonds is 3. The van der Waals surface area contributed by atoms with Crippen molar-refractivity contribution in [2.45, 2.75) is 54.4 Å². The maximum Gasteiger partial charge on any atom is 0.0701 e. The molecule has 1 nitrogen and oxygen atoms in total. The molecule has 0 saturated carbocycles. The summed E-state index contributed by atoms with van der Waals surface area (Å²) >= 11 is 0. The smallest absolute Gasteiger partial charge is 0.0701 e. The molecule has 0 unspecified atom stereocenters. The molecule has 1 heterocycles. The van der Waals surface area contributed by atoms with Gasteiger partial charge in [-0.2, -0.15) is 0 Å². The summed E-state index contributed by atoms with van der Waals surface area (Å²) in [6.07, 6.45) is 7.76. The Kier molecular flexibility index (Phi) is 12.8. The molecule has 0 aromatic carbocycles. The van der Waals surface area contributed by atoms with Gasteiger partial charge in [-0.25, -0.2) is 0 Å². The van der Waals surface area contributed by atoms with Crippen molar-refractivity contribution in [3.8, 4) is 0 Å². The summed E-state index contributed by atoms with van der Waals surface area (Å²) in [6, 6.07) is 2.06. The molecule has 0 aliphatic rings.